The van der Waals surface area contributed by atoms with Crippen molar-refractivity contribution in [1.82, 2.24) is 5.32 Å². The van der Waals surface area contributed by atoms with Crippen molar-refractivity contribution in [1.29, 1.82) is 0 Å². The van der Waals surface area contributed by atoms with Gasteiger partial charge in [0.2, 0.25) is 0 Å². The summed E-state index contributed by atoms with van der Waals surface area (Å²) in [5.41, 5.74) is 2.09. The second-order valence-corrected chi connectivity index (χ2v) is 4.78. The van der Waals surface area contributed by atoms with Crippen molar-refractivity contribution in [2.45, 2.75) is 39.3 Å². The maximum atomic E-state index is 9.76. The van der Waals surface area contributed by atoms with E-state index < -0.39 is 5.60 Å². The summed E-state index contributed by atoms with van der Waals surface area (Å²) in [6.07, 6.45) is 0.780. The van der Waals surface area contributed by atoms with Crippen molar-refractivity contribution in [2.75, 3.05) is 6.54 Å². The molecule has 1 heterocycles. The van der Waals surface area contributed by atoms with Crippen LogP contribution in [0.3, 0.4) is 0 Å². The number of rotatable bonds is 5. The standard InChI is InChI=1S/C11H19NOS/c1-4-11(3,13)8-12-5-10-7-14-6-9(10)2/h6-7,12-13H,4-5,8H2,1-3H3. The molecule has 0 fully saturated rings. The van der Waals surface area contributed by atoms with Gasteiger partial charge in [-0.2, -0.15) is 11.3 Å². The number of aliphatic hydroxyl groups is 1. The van der Waals surface area contributed by atoms with Gasteiger partial charge in [0.15, 0.2) is 0 Å². The van der Waals surface area contributed by atoms with Crippen LogP contribution in [0.4, 0.5) is 0 Å². The average Bonchev–Trinajstić information content (AvgIpc) is 2.52. The summed E-state index contributed by atoms with van der Waals surface area (Å²) in [6.45, 7) is 7.48. The van der Waals surface area contributed by atoms with Gasteiger partial charge in [-0.3, -0.25) is 0 Å². The van der Waals surface area contributed by atoms with Gasteiger partial charge in [0, 0.05) is 13.1 Å². The van der Waals surface area contributed by atoms with Gasteiger partial charge >= 0.3 is 0 Å². The molecule has 1 unspecified atom stereocenters. The summed E-state index contributed by atoms with van der Waals surface area (Å²) in [6, 6.07) is 0. The molecule has 14 heavy (non-hydrogen) atoms. The maximum absolute atomic E-state index is 9.76. The van der Waals surface area contributed by atoms with Crippen LogP contribution in [0.25, 0.3) is 0 Å². The Morgan fingerprint density at radius 3 is 2.71 bits per heavy atom. The highest BCUT2D eigenvalue weighted by molar-refractivity contribution is 7.08. The average molecular weight is 213 g/mol. The molecule has 0 aromatic carbocycles. The smallest absolute Gasteiger partial charge is 0.0741 e. The van der Waals surface area contributed by atoms with E-state index in [0.29, 0.717) is 6.54 Å². The second-order valence-electron chi connectivity index (χ2n) is 4.03. The van der Waals surface area contributed by atoms with E-state index in [-0.39, 0.29) is 0 Å². The zero-order valence-corrected chi connectivity index (χ0v) is 9.95. The molecular weight excluding hydrogens is 194 g/mol. The molecule has 0 saturated carbocycles. The summed E-state index contributed by atoms with van der Waals surface area (Å²) in [7, 11) is 0. The van der Waals surface area contributed by atoms with Crippen LogP contribution < -0.4 is 5.32 Å². The van der Waals surface area contributed by atoms with E-state index in [4.69, 9.17) is 0 Å². The molecule has 1 rings (SSSR count). The Hall–Kier alpha value is -0.380. The first-order valence-electron chi connectivity index (χ1n) is 5.00. The first-order chi connectivity index (χ1) is 6.55. The van der Waals surface area contributed by atoms with Crippen LogP contribution >= 0.6 is 11.3 Å². The van der Waals surface area contributed by atoms with Gasteiger partial charge in [0.05, 0.1) is 5.60 Å². The van der Waals surface area contributed by atoms with Crippen LogP contribution in [0.1, 0.15) is 31.4 Å². The van der Waals surface area contributed by atoms with Gasteiger partial charge in [0.1, 0.15) is 0 Å². The minimum Gasteiger partial charge on any atom is -0.389 e. The summed E-state index contributed by atoms with van der Waals surface area (Å²) < 4.78 is 0. The first kappa shape index (κ1) is 11.7. The van der Waals surface area contributed by atoms with Gasteiger partial charge in [-0.05, 0) is 42.2 Å². The Labute approximate surface area is 90.0 Å². The van der Waals surface area contributed by atoms with E-state index in [9.17, 15) is 5.11 Å². The fourth-order valence-corrected chi connectivity index (χ4v) is 2.02. The Bertz CT molecular complexity index is 281. The van der Waals surface area contributed by atoms with Crippen molar-refractivity contribution in [3.05, 3.63) is 21.9 Å². The largest absolute Gasteiger partial charge is 0.389 e. The Kier molecular flexibility index (Phi) is 4.11. The molecular formula is C11H19NOS. The summed E-state index contributed by atoms with van der Waals surface area (Å²) in [4.78, 5) is 0. The fourth-order valence-electron chi connectivity index (χ4n) is 1.16. The SMILES string of the molecule is CCC(C)(O)CNCc1cscc1C. The lowest BCUT2D eigenvalue weighted by atomic mass is 10.0. The molecule has 2 N–H and O–H groups in total. The second kappa shape index (κ2) is 4.91. The fraction of sp³-hybridized carbons (Fsp3) is 0.636. The summed E-state index contributed by atoms with van der Waals surface area (Å²) in [5.74, 6) is 0. The van der Waals surface area contributed by atoms with Crippen molar-refractivity contribution in [2.24, 2.45) is 0 Å². The van der Waals surface area contributed by atoms with Crippen molar-refractivity contribution >= 4 is 11.3 Å². The molecule has 2 nitrogen and oxygen atoms in total. The molecule has 0 amide bonds. The monoisotopic (exact) mass is 213 g/mol. The zero-order chi connectivity index (χ0) is 10.6. The normalized spacial score (nSPS) is 15.4. The Balaban J connectivity index is 2.32. The Morgan fingerprint density at radius 1 is 1.50 bits per heavy atom. The zero-order valence-electron chi connectivity index (χ0n) is 9.13. The molecule has 0 radical (unpaired) electrons. The summed E-state index contributed by atoms with van der Waals surface area (Å²) in [5, 5.41) is 17.3. The van der Waals surface area contributed by atoms with Crippen LogP contribution in [0.15, 0.2) is 10.8 Å². The minimum absolute atomic E-state index is 0.579. The number of hydrogen-bond acceptors (Lipinski definition) is 3. The quantitative estimate of drug-likeness (QED) is 0.786. The van der Waals surface area contributed by atoms with Gasteiger partial charge in [-0.15, -0.1) is 0 Å². The lowest BCUT2D eigenvalue weighted by Crippen LogP contribution is -2.36. The van der Waals surface area contributed by atoms with E-state index in [2.05, 4.69) is 23.0 Å². The first-order valence-corrected chi connectivity index (χ1v) is 5.94. The predicted octanol–water partition coefficient (Wildman–Crippen LogP) is 2.31. The third kappa shape index (κ3) is 3.40. The van der Waals surface area contributed by atoms with Crippen LogP contribution in [0, 0.1) is 6.92 Å². The van der Waals surface area contributed by atoms with E-state index in [1.54, 1.807) is 11.3 Å². The number of nitrogens with one attached hydrogen (secondary N) is 1. The molecule has 0 saturated heterocycles. The van der Waals surface area contributed by atoms with Crippen molar-refractivity contribution < 1.29 is 5.11 Å². The molecule has 1 aromatic heterocycles. The molecule has 0 bridgehead atoms. The van der Waals surface area contributed by atoms with Gasteiger partial charge in [0.25, 0.3) is 0 Å². The lowest BCUT2D eigenvalue weighted by Gasteiger charge is -2.21. The molecule has 0 aliphatic carbocycles. The highest BCUT2D eigenvalue weighted by Gasteiger charge is 2.16. The van der Waals surface area contributed by atoms with Gasteiger partial charge in [-0.1, -0.05) is 6.92 Å². The van der Waals surface area contributed by atoms with Crippen LogP contribution in [0.5, 0.6) is 0 Å². The third-order valence-corrected chi connectivity index (χ3v) is 3.45. The van der Waals surface area contributed by atoms with E-state index in [1.165, 1.54) is 11.1 Å². The van der Waals surface area contributed by atoms with Crippen LogP contribution in [-0.2, 0) is 6.54 Å². The molecule has 0 aliphatic heterocycles. The molecule has 80 valence electrons. The molecule has 3 heteroatoms. The maximum Gasteiger partial charge on any atom is 0.0741 e. The lowest BCUT2D eigenvalue weighted by molar-refractivity contribution is 0.0555. The van der Waals surface area contributed by atoms with E-state index in [1.807, 2.05) is 13.8 Å². The van der Waals surface area contributed by atoms with Crippen molar-refractivity contribution in [3.63, 3.8) is 0 Å². The van der Waals surface area contributed by atoms with Gasteiger partial charge in [-0.25, -0.2) is 0 Å². The van der Waals surface area contributed by atoms with Crippen molar-refractivity contribution in [3.8, 4) is 0 Å². The highest BCUT2D eigenvalue weighted by atomic mass is 32.1. The van der Waals surface area contributed by atoms with E-state index >= 15 is 0 Å². The highest BCUT2D eigenvalue weighted by Crippen LogP contribution is 2.13. The van der Waals surface area contributed by atoms with E-state index in [0.717, 1.165) is 13.0 Å². The number of hydrogen-bond donors (Lipinski definition) is 2. The third-order valence-electron chi connectivity index (χ3n) is 2.54. The summed E-state index contributed by atoms with van der Waals surface area (Å²) >= 11 is 1.73. The topological polar surface area (TPSA) is 32.3 Å². The van der Waals surface area contributed by atoms with Crippen LogP contribution in [-0.4, -0.2) is 17.3 Å². The van der Waals surface area contributed by atoms with Crippen LogP contribution in [0.2, 0.25) is 0 Å². The molecule has 0 aliphatic rings. The minimum atomic E-state index is -0.579. The molecule has 1 atom stereocenters. The number of aryl methyl sites for hydroxylation is 1. The van der Waals surface area contributed by atoms with Gasteiger partial charge < -0.3 is 10.4 Å². The molecule has 1 aromatic rings. The number of thiophene rings is 1. The predicted molar refractivity (Wildman–Crippen MR) is 61.7 cm³/mol. The molecule has 0 spiro atoms. The Morgan fingerprint density at radius 2 is 2.21 bits per heavy atom.